The van der Waals surface area contributed by atoms with Crippen LogP contribution in [-0.2, 0) is 6.42 Å². The zero-order valence-electron chi connectivity index (χ0n) is 12.8. The van der Waals surface area contributed by atoms with Gasteiger partial charge in [0.2, 0.25) is 0 Å². The van der Waals surface area contributed by atoms with E-state index in [2.05, 4.69) is 49.4 Å². The molecule has 21 heavy (non-hydrogen) atoms. The van der Waals surface area contributed by atoms with E-state index in [1.807, 2.05) is 6.07 Å². The lowest BCUT2D eigenvalue weighted by Gasteiger charge is -2.15. The Morgan fingerprint density at radius 1 is 1.19 bits per heavy atom. The van der Waals surface area contributed by atoms with E-state index in [9.17, 15) is 0 Å². The Morgan fingerprint density at radius 3 is 2.67 bits per heavy atom. The molecule has 2 N–H and O–H groups in total. The van der Waals surface area contributed by atoms with Crippen LogP contribution in [0.4, 0.5) is 0 Å². The first kappa shape index (κ1) is 14.2. The Bertz CT molecular complexity index is 608. The van der Waals surface area contributed by atoms with E-state index in [0.29, 0.717) is 11.8 Å². The maximum atomic E-state index is 6.46. The summed E-state index contributed by atoms with van der Waals surface area (Å²) >= 11 is 0. The van der Waals surface area contributed by atoms with Gasteiger partial charge in [-0.2, -0.15) is 0 Å². The molecule has 0 aliphatic heterocycles. The van der Waals surface area contributed by atoms with E-state index in [1.54, 1.807) is 7.11 Å². The van der Waals surface area contributed by atoms with Crippen molar-refractivity contribution in [1.82, 2.24) is 0 Å². The standard InChI is InChI=1S/C19H23NO/c1-13-8-9-19(21-2)15(10-13)11-18(20)17-12-16(17)14-6-4-3-5-7-14/h3-10,16-18H,11-12,20H2,1-2H3. The van der Waals surface area contributed by atoms with Crippen molar-refractivity contribution in [1.29, 1.82) is 0 Å². The number of hydrogen-bond acceptors (Lipinski definition) is 2. The van der Waals surface area contributed by atoms with E-state index in [-0.39, 0.29) is 6.04 Å². The van der Waals surface area contributed by atoms with Gasteiger partial charge in [-0.1, -0.05) is 48.0 Å². The molecule has 3 rings (SSSR count). The van der Waals surface area contributed by atoms with Gasteiger partial charge in [0.15, 0.2) is 0 Å². The lowest BCUT2D eigenvalue weighted by Crippen LogP contribution is -2.26. The minimum absolute atomic E-state index is 0.200. The predicted octanol–water partition coefficient (Wildman–Crippen LogP) is 3.68. The second-order valence-corrected chi connectivity index (χ2v) is 6.10. The van der Waals surface area contributed by atoms with Crippen molar-refractivity contribution >= 4 is 0 Å². The van der Waals surface area contributed by atoms with Crippen LogP contribution in [0.15, 0.2) is 48.5 Å². The first-order valence-electron chi connectivity index (χ1n) is 7.63. The van der Waals surface area contributed by atoms with E-state index in [0.717, 1.165) is 12.2 Å². The molecule has 0 spiro atoms. The SMILES string of the molecule is COc1ccc(C)cc1CC(N)C1CC1c1ccccc1. The van der Waals surface area contributed by atoms with Crippen molar-refractivity contribution in [3.8, 4) is 5.75 Å². The highest BCUT2D eigenvalue weighted by atomic mass is 16.5. The van der Waals surface area contributed by atoms with Crippen molar-refractivity contribution in [3.63, 3.8) is 0 Å². The third-order valence-corrected chi connectivity index (χ3v) is 4.51. The molecule has 0 bridgehead atoms. The van der Waals surface area contributed by atoms with Crippen molar-refractivity contribution in [2.24, 2.45) is 11.7 Å². The molecule has 0 aromatic heterocycles. The summed E-state index contributed by atoms with van der Waals surface area (Å²) in [6.07, 6.45) is 2.10. The van der Waals surface area contributed by atoms with E-state index < -0.39 is 0 Å². The summed E-state index contributed by atoms with van der Waals surface area (Å²) in [6.45, 7) is 2.11. The first-order chi connectivity index (χ1) is 10.2. The van der Waals surface area contributed by atoms with Crippen molar-refractivity contribution < 1.29 is 4.74 Å². The fourth-order valence-corrected chi connectivity index (χ4v) is 3.24. The lowest BCUT2D eigenvalue weighted by atomic mass is 9.98. The number of hydrogen-bond donors (Lipinski definition) is 1. The van der Waals surface area contributed by atoms with Crippen LogP contribution in [0.2, 0.25) is 0 Å². The van der Waals surface area contributed by atoms with Crippen LogP contribution in [-0.4, -0.2) is 13.2 Å². The Morgan fingerprint density at radius 2 is 1.95 bits per heavy atom. The molecule has 3 unspecified atom stereocenters. The number of benzene rings is 2. The summed E-state index contributed by atoms with van der Waals surface area (Å²) in [5.74, 6) is 2.18. The predicted molar refractivity (Wildman–Crippen MR) is 86.7 cm³/mol. The summed E-state index contributed by atoms with van der Waals surface area (Å²) in [5.41, 5.74) is 10.4. The van der Waals surface area contributed by atoms with Gasteiger partial charge in [-0.25, -0.2) is 0 Å². The van der Waals surface area contributed by atoms with Crippen molar-refractivity contribution in [2.45, 2.75) is 31.7 Å². The molecule has 3 atom stereocenters. The molecule has 0 radical (unpaired) electrons. The minimum atomic E-state index is 0.200. The zero-order chi connectivity index (χ0) is 14.8. The van der Waals surface area contributed by atoms with Crippen LogP contribution in [0.25, 0.3) is 0 Å². The highest BCUT2D eigenvalue weighted by molar-refractivity contribution is 5.38. The summed E-state index contributed by atoms with van der Waals surface area (Å²) < 4.78 is 5.46. The van der Waals surface area contributed by atoms with Gasteiger partial charge in [-0.3, -0.25) is 0 Å². The van der Waals surface area contributed by atoms with Gasteiger partial charge in [0.1, 0.15) is 5.75 Å². The maximum Gasteiger partial charge on any atom is 0.122 e. The molecule has 2 aromatic rings. The molecule has 110 valence electrons. The highest BCUT2D eigenvalue weighted by Gasteiger charge is 2.42. The topological polar surface area (TPSA) is 35.2 Å². The second kappa shape index (κ2) is 5.90. The first-order valence-corrected chi connectivity index (χ1v) is 7.63. The molecule has 1 saturated carbocycles. The Kier molecular flexibility index (Phi) is 3.98. The van der Waals surface area contributed by atoms with Gasteiger partial charge in [0, 0.05) is 6.04 Å². The Hall–Kier alpha value is -1.80. The molecule has 0 heterocycles. The van der Waals surface area contributed by atoms with Crippen LogP contribution >= 0.6 is 0 Å². The van der Waals surface area contributed by atoms with Crippen LogP contribution in [0, 0.1) is 12.8 Å². The molecule has 1 aliphatic rings. The highest BCUT2D eigenvalue weighted by Crippen LogP contribution is 2.49. The number of aryl methyl sites for hydroxylation is 1. The molecule has 0 saturated heterocycles. The average Bonchev–Trinajstić information content (AvgIpc) is 3.29. The summed E-state index contributed by atoms with van der Waals surface area (Å²) in [7, 11) is 1.73. The summed E-state index contributed by atoms with van der Waals surface area (Å²) in [4.78, 5) is 0. The molecule has 2 aromatic carbocycles. The number of ether oxygens (including phenoxy) is 1. The van der Waals surface area contributed by atoms with Gasteiger partial charge >= 0.3 is 0 Å². The Balaban J connectivity index is 1.68. The van der Waals surface area contributed by atoms with E-state index in [4.69, 9.17) is 10.5 Å². The fraction of sp³-hybridized carbons (Fsp3) is 0.368. The fourth-order valence-electron chi connectivity index (χ4n) is 3.24. The van der Waals surface area contributed by atoms with Crippen molar-refractivity contribution in [2.75, 3.05) is 7.11 Å². The normalized spacial score (nSPS) is 21.9. The van der Waals surface area contributed by atoms with Gasteiger partial charge < -0.3 is 10.5 Å². The summed E-state index contributed by atoms with van der Waals surface area (Å²) in [6, 6.07) is 17.2. The van der Waals surface area contributed by atoms with Gasteiger partial charge in [-0.05, 0) is 48.8 Å². The molecular formula is C19H23NO. The second-order valence-electron chi connectivity index (χ2n) is 6.10. The average molecular weight is 281 g/mol. The molecule has 1 fully saturated rings. The molecule has 2 nitrogen and oxygen atoms in total. The smallest absolute Gasteiger partial charge is 0.122 e. The molecular weight excluding hydrogens is 258 g/mol. The maximum absolute atomic E-state index is 6.46. The van der Waals surface area contributed by atoms with E-state index >= 15 is 0 Å². The van der Waals surface area contributed by atoms with Crippen LogP contribution < -0.4 is 10.5 Å². The zero-order valence-corrected chi connectivity index (χ0v) is 12.8. The van der Waals surface area contributed by atoms with Gasteiger partial charge in [-0.15, -0.1) is 0 Å². The number of nitrogens with two attached hydrogens (primary N) is 1. The molecule has 1 aliphatic carbocycles. The van der Waals surface area contributed by atoms with Crippen LogP contribution in [0.3, 0.4) is 0 Å². The lowest BCUT2D eigenvalue weighted by molar-refractivity contribution is 0.406. The summed E-state index contributed by atoms with van der Waals surface area (Å²) in [5, 5.41) is 0. The number of rotatable bonds is 5. The minimum Gasteiger partial charge on any atom is -0.496 e. The van der Waals surface area contributed by atoms with Gasteiger partial charge in [0.05, 0.1) is 7.11 Å². The molecule has 2 heteroatoms. The quantitative estimate of drug-likeness (QED) is 0.907. The Labute approximate surface area is 126 Å². The largest absolute Gasteiger partial charge is 0.496 e. The third-order valence-electron chi connectivity index (χ3n) is 4.51. The van der Waals surface area contributed by atoms with Crippen molar-refractivity contribution in [3.05, 3.63) is 65.2 Å². The molecule has 0 amide bonds. The monoisotopic (exact) mass is 281 g/mol. The number of methoxy groups -OCH3 is 1. The van der Waals surface area contributed by atoms with Gasteiger partial charge in [0.25, 0.3) is 0 Å². The van der Waals surface area contributed by atoms with Crippen LogP contribution in [0.5, 0.6) is 5.75 Å². The third kappa shape index (κ3) is 3.11. The van der Waals surface area contributed by atoms with Crippen LogP contribution in [0.1, 0.15) is 29.0 Å². The van der Waals surface area contributed by atoms with E-state index in [1.165, 1.54) is 23.1 Å².